The SMILES string of the molecule is Cc1ccccc1Nc1nc2nc(-c3nc4nc(N)[nH]c(=O)c4[nH]3)[nH]c2c(=O)[nH]1. The van der Waals surface area contributed by atoms with Crippen LogP contribution in [0.3, 0.4) is 0 Å². The van der Waals surface area contributed by atoms with Crippen LogP contribution in [0.5, 0.6) is 0 Å². The zero-order chi connectivity index (χ0) is 20.1. The maximum absolute atomic E-state index is 12.5. The summed E-state index contributed by atoms with van der Waals surface area (Å²) in [5, 5.41) is 3.08. The second-order valence-electron chi connectivity index (χ2n) is 6.37. The molecule has 0 radical (unpaired) electrons. The number of nitrogens with one attached hydrogen (secondary N) is 5. The number of H-pyrrole nitrogens is 4. The van der Waals surface area contributed by atoms with Crippen molar-refractivity contribution in [3.8, 4) is 11.6 Å². The number of aryl methyl sites for hydroxylation is 1. The van der Waals surface area contributed by atoms with E-state index in [4.69, 9.17) is 5.73 Å². The van der Waals surface area contributed by atoms with Gasteiger partial charge in [-0.25, -0.2) is 9.97 Å². The Labute approximate surface area is 160 Å². The van der Waals surface area contributed by atoms with Gasteiger partial charge in [-0.15, -0.1) is 0 Å². The van der Waals surface area contributed by atoms with Gasteiger partial charge in [-0.05, 0) is 18.6 Å². The highest BCUT2D eigenvalue weighted by molar-refractivity contribution is 5.78. The number of benzene rings is 1. The topological polar surface area (TPSA) is 187 Å². The Hall–Kier alpha value is -4.48. The highest BCUT2D eigenvalue weighted by atomic mass is 16.1. The third-order valence-corrected chi connectivity index (χ3v) is 4.36. The zero-order valence-corrected chi connectivity index (χ0v) is 15.0. The molecule has 5 rings (SSSR count). The summed E-state index contributed by atoms with van der Waals surface area (Å²) in [5.74, 6) is 0.678. The zero-order valence-electron chi connectivity index (χ0n) is 15.0. The highest BCUT2D eigenvalue weighted by Gasteiger charge is 2.16. The first-order valence-corrected chi connectivity index (χ1v) is 8.56. The van der Waals surface area contributed by atoms with Gasteiger partial charge in [-0.3, -0.25) is 19.6 Å². The summed E-state index contributed by atoms with van der Waals surface area (Å²) >= 11 is 0. The third-order valence-electron chi connectivity index (χ3n) is 4.36. The molecule has 0 unspecified atom stereocenters. The minimum Gasteiger partial charge on any atom is -0.369 e. The average molecular weight is 390 g/mol. The van der Waals surface area contributed by atoms with Crippen molar-refractivity contribution in [2.75, 3.05) is 11.1 Å². The van der Waals surface area contributed by atoms with E-state index in [1.165, 1.54) is 0 Å². The maximum atomic E-state index is 12.5. The lowest BCUT2D eigenvalue weighted by Crippen LogP contribution is -2.11. The summed E-state index contributed by atoms with van der Waals surface area (Å²) < 4.78 is 0. The van der Waals surface area contributed by atoms with Crippen LogP contribution in [-0.2, 0) is 0 Å². The number of hydrogen-bond donors (Lipinski definition) is 6. The molecule has 0 saturated carbocycles. The molecule has 12 nitrogen and oxygen atoms in total. The number of rotatable bonds is 3. The van der Waals surface area contributed by atoms with Crippen LogP contribution in [-0.4, -0.2) is 39.9 Å². The van der Waals surface area contributed by atoms with Crippen LogP contribution in [0.15, 0.2) is 33.9 Å². The standard InChI is InChI=1S/C17H14N10O2/c1-6-4-2-3-5-7(6)19-17-25-11-9(15(29)27-17)21-13(23-11)12-20-8-10(22-12)24-16(18)26-14(8)28/h2-5H,1H3,(H4,18,20,22,24,26,28)(H3,19,21,23,25,27,29). The van der Waals surface area contributed by atoms with Crippen LogP contribution in [0.25, 0.3) is 34.0 Å². The molecule has 144 valence electrons. The molecule has 0 bridgehead atoms. The molecule has 29 heavy (non-hydrogen) atoms. The summed E-state index contributed by atoms with van der Waals surface area (Å²) in [5.41, 5.74) is 7.16. The Balaban J connectivity index is 1.60. The van der Waals surface area contributed by atoms with Crippen molar-refractivity contribution >= 4 is 39.9 Å². The number of nitrogen functional groups attached to an aromatic ring is 1. The van der Waals surface area contributed by atoms with E-state index in [0.717, 1.165) is 11.3 Å². The van der Waals surface area contributed by atoms with Gasteiger partial charge in [0.2, 0.25) is 11.9 Å². The number of aromatic nitrogens is 8. The molecule has 12 heteroatoms. The van der Waals surface area contributed by atoms with Crippen LogP contribution in [0.4, 0.5) is 17.6 Å². The third kappa shape index (κ3) is 2.79. The number of imidazole rings is 2. The molecule has 0 aliphatic rings. The van der Waals surface area contributed by atoms with Crippen molar-refractivity contribution in [1.29, 1.82) is 0 Å². The summed E-state index contributed by atoms with van der Waals surface area (Å²) in [6.45, 7) is 1.94. The molecule has 0 saturated heterocycles. The quantitative estimate of drug-likeness (QED) is 0.262. The minimum atomic E-state index is -0.456. The van der Waals surface area contributed by atoms with Gasteiger partial charge in [-0.1, -0.05) is 18.2 Å². The van der Waals surface area contributed by atoms with E-state index in [1.54, 1.807) is 0 Å². The largest absolute Gasteiger partial charge is 0.369 e. The number of fused-ring (bicyclic) bond motifs is 2. The number of aromatic amines is 4. The number of nitrogens with two attached hydrogens (primary N) is 1. The molecule has 0 aliphatic heterocycles. The summed E-state index contributed by atoms with van der Waals surface area (Å²) in [7, 11) is 0. The smallest absolute Gasteiger partial charge is 0.278 e. The Morgan fingerprint density at radius 1 is 0.828 bits per heavy atom. The van der Waals surface area contributed by atoms with Gasteiger partial charge in [0.25, 0.3) is 11.1 Å². The molecule has 0 amide bonds. The Bertz CT molecular complexity index is 1510. The van der Waals surface area contributed by atoms with Gasteiger partial charge in [0.05, 0.1) is 0 Å². The fraction of sp³-hybridized carbons (Fsp3) is 0.0588. The lowest BCUT2D eigenvalue weighted by molar-refractivity contribution is 1.15. The van der Waals surface area contributed by atoms with Crippen molar-refractivity contribution in [2.45, 2.75) is 6.92 Å². The summed E-state index contributed by atoms with van der Waals surface area (Å²) in [4.78, 5) is 52.0. The number of hydrogen-bond acceptors (Lipinski definition) is 8. The first-order chi connectivity index (χ1) is 14.0. The molecular weight excluding hydrogens is 376 g/mol. The lowest BCUT2D eigenvalue weighted by atomic mass is 10.2. The first kappa shape index (κ1) is 16.7. The van der Waals surface area contributed by atoms with Gasteiger partial charge in [0, 0.05) is 5.69 Å². The van der Waals surface area contributed by atoms with Crippen LogP contribution in [0.1, 0.15) is 5.56 Å². The van der Waals surface area contributed by atoms with Crippen molar-refractivity contribution in [3.63, 3.8) is 0 Å². The van der Waals surface area contributed by atoms with E-state index < -0.39 is 11.1 Å². The van der Waals surface area contributed by atoms with Crippen molar-refractivity contribution in [1.82, 2.24) is 39.9 Å². The maximum Gasteiger partial charge on any atom is 0.278 e. The number of para-hydroxylation sites is 1. The Morgan fingerprint density at radius 3 is 2.14 bits per heavy atom. The Kier molecular flexibility index (Phi) is 3.46. The number of anilines is 3. The number of nitrogens with zero attached hydrogens (tertiary/aromatic N) is 4. The van der Waals surface area contributed by atoms with Gasteiger partial charge >= 0.3 is 0 Å². The molecule has 1 aromatic carbocycles. The van der Waals surface area contributed by atoms with Gasteiger partial charge in [0.15, 0.2) is 34.0 Å². The normalized spacial score (nSPS) is 11.3. The van der Waals surface area contributed by atoms with Gasteiger partial charge in [-0.2, -0.15) is 9.97 Å². The van der Waals surface area contributed by atoms with E-state index in [0.29, 0.717) is 0 Å². The molecule has 0 fully saturated rings. The van der Waals surface area contributed by atoms with E-state index in [-0.39, 0.29) is 45.9 Å². The molecule has 0 spiro atoms. The van der Waals surface area contributed by atoms with Gasteiger partial charge < -0.3 is 21.0 Å². The monoisotopic (exact) mass is 390 g/mol. The molecular formula is C17H14N10O2. The van der Waals surface area contributed by atoms with Gasteiger partial charge in [0.1, 0.15) is 0 Å². The van der Waals surface area contributed by atoms with E-state index in [2.05, 4.69) is 45.2 Å². The van der Waals surface area contributed by atoms with Crippen LogP contribution in [0.2, 0.25) is 0 Å². The van der Waals surface area contributed by atoms with Crippen molar-refractivity contribution in [2.24, 2.45) is 0 Å². The summed E-state index contributed by atoms with van der Waals surface area (Å²) in [6.07, 6.45) is 0. The molecule has 0 atom stereocenters. The van der Waals surface area contributed by atoms with Crippen LogP contribution in [0, 0.1) is 6.92 Å². The molecule has 4 aromatic heterocycles. The average Bonchev–Trinajstić information content (AvgIpc) is 3.28. The van der Waals surface area contributed by atoms with E-state index in [9.17, 15) is 9.59 Å². The lowest BCUT2D eigenvalue weighted by Gasteiger charge is -2.07. The summed E-state index contributed by atoms with van der Waals surface area (Å²) in [6, 6.07) is 7.61. The van der Waals surface area contributed by atoms with E-state index in [1.807, 2.05) is 31.2 Å². The second-order valence-corrected chi connectivity index (χ2v) is 6.37. The van der Waals surface area contributed by atoms with Crippen molar-refractivity contribution < 1.29 is 0 Å². The minimum absolute atomic E-state index is 0.0461. The molecule has 5 aromatic rings. The Morgan fingerprint density at radius 2 is 1.45 bits per heavy atom. The molecule has 7 N–H and O–H groups in total. The predicted molar refractivity (Wildman–Crippen MR) is 107 cm³/mol. The highest BCUT2D eigenvalue weighted by Crippen LogP contribution is 2.20. The molecule has 4 heterocycles. The second kappa shape index (κ2) is 6.02. The fourth-order valence-corrected chi connectivity index (χ4v) is 2.96. The molecule has 0 aliphatic carbocycles. The van der Waals surface area contributed by atoms with E-state index >= 15 is 0 Å². The first-order valence-electron chi connectivity index (χ1n) is 8.56. The van der Waals surface area contributed by atoms with Crippen molar-refractivity contribution in [3.05, 3.63) is 50.5 Å². The van der Waals surface area contributed by atoms with Crippen LogP contribution >= 0.6 is 0 Å². The predicted octanol–water partition coefficient (Wildman–Crippen LogP) is 0.907. The fourth-order valence-electron chi connectivity index (χ4n) is 2.96. The van der Waals surface area contributed by atoms with Crippen LogP contribution < -0.4 is 22.2 Å².